The second kappa shape index (κ2) is 9.78. The molecule has 6 rings (SSSR count). The van der Waals surface area contributed by atoms with Crippen LogP contribution in [0.15, 0.2) is 36.4 Å². The molecule has 0 aromatic heterocycles. The molecule has 9 heteroatoms. The van der Waals surface area contributed by atoms with E-state index in [0.29, 0.717) is 17.7 Å². The van der Waals surface area contributed by atoms with E-state index in [-0.39, 0.29) is 48.9 Å². The van der Waals surface area contributed by atoms with Crippen LogP contribution < -0.4 is 20.1 Å². The zero-order valence-electron chi connectivity index (χ0n) is 21.9. The number of hydrogen-bond acceptors (Lipinski definition) is 8. The average molecular weight is 522 g/mol. The minimum Gasteiger partial charge on any atom is -0.504 e. The third-order valence-corrected chi connectivity index (χ3v) is 9.10. The Hall–Kier alpha value is -3.30. The number of amides is 1. The summed E-state index contributed by atoms with van der Waals surface area (Å²) in [7, 11) is 3.84. The molecule has 2 bridgehead atoms. The first-order valence-electron chi connectivity index (χ1n) is 13.4. The van der Waals surface area contributed by atoms with Gasteiger partial charge in [0, 0.05) is 34.7 Å². The number of likely N-dealkylation sites (tertiary alicyclic amines) is 1. The molecule has 2 aliphatic carbocycles. The fourth-order valence-corrected chi connectivity index (χ4v) is 7.43. The van der Waals surface area contributed by atoms with Gasteiger partial charge in [-0.25, -0.2) is 0 Å². The third-order valence-electron chi connectivity index (χ3n) is 9.10. The standard InChI is InChI=1S/C29H35N3O6/c1-32-11-10-29-19-8-9-20(30-14-24(34)31-15-25(35)37-16-17-6-4-3-5-7-17)28(29)38-27-22(33)13-23(36-2)18(26(27)29)12-21(19)32/h3-7,13,19-21,28,30,33H,8-12,14-16H2,1-2H3,(H,31,34)/t19-,20+,21+,28-,29-/m0/s1. The zero-order valence-corrected chi connectivity index (χ0v) is 21.9. The molecule has 2 aliphatic heterocycles. The molecule has 1 spiro atoms. The van der Waals surface area contributed by atoms with E-state index < -0.39 is 5.97 Å². The van der Waals surface area contributed by atoms with E-state index >= 15 is 0 Å². The molecule has 2 aromatic rings. The zero-order chi connectivity index (χ0) is 26.4. The Morgan fingerprint density at radius 1 is 1.21 bits per heavy atom. The largest absolute Gasteiger partial charge is 0.504 e. The maximum atomic E-state index is 12.6. The van der Waals surface area contributed by atoms with E-state index in [2.05, 4.69) is 22.6 Å². The van der Waals surface area contributed by atoms with Gasteiger partial charge >= 0.3 is 5.97 Å². The lowest BCUT2D eigenvalue weighted by atomic mass is 9.51. The van der Waals surface area contributed by atoms with Crippen LogP contribution in [0.1, 0.15) is 36.0 Å². The molecule has 2 aromatic carbocycles. The Morgan fingerprint density at radius 3 is 2.82 bits per heavy atom. The van der Waals surface area contributed by atoms with Crippen molar-refractivity contribution < 1.29 is 28.9 Å². The van der Waals surface area contributed by atoms with Gasteiger partial charge < -0.3 is 34.9 Å². The Bertz CT molecular complexity index is 1240. The number of rotatable bonds is 8. The maximum Gasteiger partial charge on any atom is 0.325 e. The van der Waals surface area contributed by atoms with Gasteiger partial charge in [0.05, 0.1) is 13.7 Å². The van der Waals surface area contributed by atoms with Gasteiger partial charge in [-0.3, -0.25) is 9.59 Å². The molecule has 3 N–H and O–H groups in total. The fourth-order valence-electron chi connectivity index (χ4n) is 7.43. The van der Waals surface area contributed by atoms with Crippen molar-refractivity contribution in [2.24, 2.45) is 5.92 Å². The summed E-state index contributed by atoms with van der Waals surface area (Å²) in [6, 6.07) is 11.4. The van der Waals surface area contributed by atoms with Crippen molar-refractivity contribution in [3.63, 3.8) is 0 Å². The Morgan fingerprint density at radius 2 is 2.03 bits per heavy atom. The first-order valence-corrected chi connectivity index (χ1v) is 13.4. The van der Waals surface area contributed by atoms with Gasteiger partial charge in [0.2, 0.25) is 5.91 Å². The van der Waals surface area contributed by atoms with E-state index in [1.165, 1.54) is 0 Å². The number of nitrogens with zero attached hydrogens (tertiary/aromatic N) is 1. The topological polar surface area (TPSA) is 109 Å². The number of carbonyl (C=O) groups is 2. The van der Waals surface area contributed by atoms with Crippen molar-refractivity contribution in [3.05, 3.63) is 53.1 Å². The molecule has 1 saturated carbocycles. The van der Waals surface area contributed by atoms with Gasteiger partial charge in [0.25, 0.3) is 0 Å². The third kappa shape index (κ3) is 3.99. The summed E-state index contributed by atoms with van der Waals surface area (Å²) in [6.07, 6.45) is 3.50. The van der Waals surface area contributed by atoms with Gasteiger partial charge in [-0.05, 0) is 50.8 Å². The van der Waals surface area contributed by atoms with Crippen LogP contribution in [0, 0.1) is 5.92 Å². The summed E-state index contributed by atoms with van der Waals surface area (Å²) in [5.41, 5.74) is 2.93. The lowest BCUT2D eigenvalue weighted by molar-refractivity contribution is -0.145. The van der Waals surface area contributed by atoms with E-state index in [9.17, 15) is 14.7 Å². The molecule has 2 fully saturated rings. The predicted molar refractivity (Wildman–Crippen MR) is 139 cm³/mol. The summed E-state index contributed by atoms with van der Waals surface area (Å²) in [5, 5.41) is 16.9. The van der Waals surface area contributed by atoms with Crippen molar-refractivity contribution in [2.45, 2.75) is 55.9 Å². The number of nitrogens with one attached hydrogen (secondary N) is 2. The van der Waals surface area contributed by atoms with Crippen molar-refractivity contribution >= 4 is 11.9 Å². The highest BCUT2D eigenvalue weighted by molar-refractivity contribution is 5.83. The number of piperidine rings is 1. The summed E-state index contributed by atoms with van der Waals surface area (Å²) < 4.78 is 17.5. The molecule has 0 radical (unpaired) electrons. The summed E-state index contributed by atoms with van der Waals surface area (Å²) in [6.45, 7) is 1.02. The average Bonchev–Trinajstić information content (AvgIpc) is 3.28. The first-order chi connectivity index (χ1) is 18.4. The molecule has 4 aliphatic rings. The molecular weight excluding hydrogens is 486 g/mol. The van der Waals surface area contributed by atoms with Crippen molar-refractivity contribution in [3.8, 4) is 17.2 Å². The molecule has 9 nitrogen and oxygen atoms in total. The number of benzene rings is 2. The smallest absolute Gasteiger partial charge is 0.325 e. The number of hydrogen-bond donors (Lipinski definition) is 3. The second-order valence-corrected chi connectivity index (χ2v) is 11.0. The van der Waals surface area contributed by atoms with Crippen LogP contribution in [0.4, 0.5) is 0 Å². The fraction of sp³-hybridized carbons (Fsp3) is 0.517. The highest BCUT2D eigenvalue weighted by Crippen LogP contribution is 2.65. The number of esters is 1. The molecule has 1 amide bonds. The molecule has 0 unspecified atom stereocenters. The summed E-state index contributed by atoms with van der Waals surface area (Å²) in [5.74, 6) is 1.08. The van der Waals surface area contributed by atoms with E-state index in [4.69, 9.17) is 14.2 Å². The van der Waals surface area contributed by atoms with E-state index in [1.807, 2.05) is 30.3 Å². The second-order valence-electron chi connectivity index (χ2n) is 11.0. The maximum absolute atomic E-state index is 12.6. The number of aromatic hydroxyl groups is 1. The molecule has 2 heterocycles. The van der Waals surface area contributed by atoms with Crippen LogP contribution >= 0.6 is 0 Å². The summed E-state index contributed by atoms with van der Waals surface area (Å²) >= 11 is 0. The van der Waals surface area contributed by atoms with Crippen LogP contribution in [-0.2, 0) is 32.8 Å². The molecular formula is C29H35N3O6. The first kappa shape index (κ1) is 25.0. The number of likely N-dealkylation sites (N-methyl/N-ethyl adjacent to an activating group) is 1. The highest BCUT2D eigenvalue weighted by Gasteiger charge is 2.65. The number of carbonyl (C=O) groups excluding carboxylic acids is 2. The lowest BCUT2D eigenvalue weighted by Gasteiger charge is -2.59. The van der Waals surface area contributed by atoms with Gasteiger partial charge in [0.15, 0.2) is 11.5 Å². The minimum absolute atomic E-state index is 0.0603. The number of phenolic OH excluding ortho intramolecular Hbond substituents is 1. The predicted octanol–water partition coefficient (Wildman–Crippen LogP) is 1.89. The Balaban J connectivity index is 1.13. The van der Waals surface area contributed by atoms with Gasteiger partial charge in [-0.2, -0.15) is 0 Å². The van der Waals surface area contributed by atoms with Crippen molar-refractivity contribution in [1.29, 1.82) is 0 Å². The Labute approximate surface area is 222 Å². The number of ether oxygens (including phenoxy) is 3. The van der Waals surface area contributed by atoms with Gasteiger partial charge in [-0.1, -0.05) is 30.3 Å². The SMILES string of the molecule is COc1cc(O)c2c3c1C[C@@H]1[C@@H]4CC[C@@H](NCC(=O)NCC(=O)OCc5ccccc5)[C@H](O2)[C@]34CCN1C. The quantitative estimate of drug-likeness (QED) is 0.452. The lowest BCUT2D eigenvalue weighted by Crippen LogP contribution is -2.68. The number of phenols is 1. The van der Waals surface area contributed by atoms with Gasteiger partial charge in [0.1, 0.15) is 25.0 Å². The normalized spacial score (nSPS) is 28.7. The van der Waals surface area contributed by atoms with Crippen LogP contribution in [0.25, 0.3) is 0 Å². The van der Waals surface area contributed by atoms with Crippen LogP contribution in [0.5, 0.6) is 17.2 Å². The van der Waals surface area contributed by atoms with Crippen LogP contribution in [0.3, 0.4) is 0 Å². The van der Waals surface area contributed by atoms with Crippen molar-refractivity contribution in [2.75, 3.05) is 33.8 Å². The summed E-state index contributed by atoms with van der Waals surface area (Å²) in [4.78, 5) is 27.2. The van der Waals surface area contributed by atoms with E-state index in [1.54, 1.807) is 13.2 Å². The number of methoxy groups -OCH3 is 1. The monoisotopic (exact) mass is 521 g/mol. The van der Waals surface area contributed by atoms with Crippen LogP contribution in [0.2, 0.25) is 0 Å². The minimum atomic E-state index is -0.479. The Kier molecular flexibility index (Phi) is 6.44. The molecule has 38 heavy (non-hydrogen) atoms. The molecule has 1 saturated heterocycles. The highest BCUT2D eigenvalue weighted by atomic mass is 16.5. The van der Waals surface area contributed by atoms with E-state index in [0.717, 1.165) is 54.7 Å². The van der Waals surface area contributed by atoms with Crippen LogP contribution in [-0.4, -0.2) is 73.9 Å². The van der Waals surface area contributed by atoms with Crippen molar-refractivity contribution in [1.82, 2.24) is 15.5 Å². The van der Waals surface area contributed by atoms with Gasteiger partial charge in [-0.15, -0.1) is 0 Å². The molecule has 5 atom stereocenters. The molecule has 202 valence electrons.